The number of carbonyl (C=O) groups is 1. The Labute approximate surface area is 146 Å². The van der Waals surface area contributed by atoms with E-state index in [9.17, 15) is 4.79 Å². The molecule has 1 aromatic carbocycles. The third kappa shape index (κ3) is 4.94. The third-order valence-electron chi connectivity index (χ3n) is 3.67. The minimum absolute atomic E-state index is 0.0298. The number of likely N-dealkylation sites (N-methyl/N-ethyl adjacent to an activating group) is 1. The highest BCUT2D eigenvalue weighted by Gasteiger charge is 2.19. The molecule has 0 spiro atoms. The van der Waals surface area contributed by atoms with Crippen molar-refractivity contribution in [3.05, 3.63) is 46.6 Å². The van der Waals surface area contributed by atoms with E-state index < -0.39 is 0 Å². The monoisotopic (exact) mass is 378 g/mol. The average Bonchev–Trinajstić information content (AvgIpc) is 2.94. The normalized spacial score (nSPS) is 12.7. The molecule has 0 radical (unpaired) electrons. The molecule has 0 saturated heterocycles. The predicted octanol–water partition coefficient (Wildman–Crippen LogP) is 4.05. The number of amides is 1. The van der Waals surface area contributed by atoms with Gasteiger partial charge in [0.2, 0.25) is 5.91 Å². The molecule has 1 N–H and O–H groups in total. The van der Waals surface area contributed by atoms with Crippen molar-refractivity contribution in [3.63, 3.8) is 0 Å². The van der Waals surface area contributed by atoms with Crippen molar-refractivity contribution in [2.75, 3.05) is 7.05 Å². The highest BCUT2D eigenvalue weighted by molar-refractivity contribution is 9.10. The summed E-state index contributed by atoms with van der Waals surface area (Å²) >= 11 is 3.43. The van der Waals surface area contributed by atoms with Gasteiger partial charge in [-0.15, -0.1) is 0 Å². The molecule has 5 heteroatoms. The lowest BCUT2D eigenvalue weighted by Gasteiger charge is -2.23. The smallest absolute Gasteiger partial charge is 0.237 e. The zero-order valence-electron chi connectivity index (χ0n) is 14.0. The Morgan fingerprint density at radius 1 is 1.17 bits per heavy atom. The molecule has 2 aromatic rings. The molecule has 0 fully saturated rings. The first-order valence-corrected chi connectivity index (χ1v) is 8.51. The molecule has 0 unspecified atom stereocenters. The number of hydrogen-bond donors (Lipinski definition) is 1. The van der Waals surface area contributed by atoms with Crippen LogP contribution in [0.4, 0.5) is 0 Å². The minimum Gasteiger partial charge on any atom is -0.460 e. The van der Waals surface area contributed by atoms with Gasteiger partial charge < -0.3 is 9.73 Å². The van der Waals surface area contributed by atoms with Crippen molar-refractivity contribution in [2.24, 2.45) is 0 Å². The molecule has 4 nitrogen and oxygen atoms in total. The molecule has 23 heavy (non-hydrogen) atoms. The van der Waals surface area contributed by atoms with Crippen LogP contribution in [0.1, 0.15) is 26.5 Å². The van der Waals surface area contributed by atoms with Gasteiger partial charge in [0, 0.05) is 16.1 Å². The van der Waals surface area contributed by atoms with E-state index in [-0.39, 0.29) is 18.0 Å². The highest BCUT2D eigenvalue weighted by atomic mass is 79.9. The summed E-state index contributed by atoms with van der Waals surface area (Å²) in [5.41, 5.74) is 1.03. The van der Waals surface area contributed by atoms with Gasteiger partial charge in [-0.3, -0.25) is 9.69 Å². The lowest BCUT2D eigenvalue weighted by atomic mass is 10.2. The molecule has 1 aromatic heterocycles. The van der Waals surface area contributed by atoms with Gasteiger partial charge in [-0.25, -0.2) is 0 Å². The fourth-order valence-corrected chi connectivity index (χ4v) is 2.48. The lowest BCUT2D eigenvalue weighted by molar-refractivity contribution is -0.126. The van der Waals surface area contributed by atoms with Crippen molar-refractivity contribution in [2.45, 2.75) is 39.4 Å². The van der Waals surface area contributed by atoms with Crippen LogP contribution in [0.15, 0.2) is 45.3 Å². The zero-order chi connectivity index (χ0) is 17.0. The van der Waals surface area contributed by atoms with E-state index in [1.807, 2.05) is 69.1 Å². The summed E-state index contributed by atoms with van der Waals surface area (Å²) in [4.78, 5) is 14.0. The van der Waals surface area contributed by atoms with Crippen LogP contribution in [0.5, 0.6) is 0 Å². The number of rotatable bonds is 6. The zero-order valence-corrected chi connectivity index (χ0v) is 15.6. The summed E-state index contributed by atoms with van der Waals surface area (Å²) in [5, 5.41) is 2.93. The summed E-state index contributed by atoms with van der Waals surface area (Å²) < 4.78 is 6.94. The first kappa shape index (κ1) is 17.8. The maximum absolute atomic E-state index is 12.1. The predicted molar refractivity (Wildman–Crippen MR) is 96.1 cm³/mol. The molecule has 1 atom stereocenters. The highest BCUT2D eigenvalue weighted by Crippen LogP contribution is 2.24. The fraction of sp³-hybridized carbons (Fsp3) is 0.389. The third-order valence-corrected chi connectivity index (χ3v) is 4.20. The van der Waals surface area contributed by atoms with Crippen LogP contribution in [0.2, 0.25) is 0 Å². The second-order valence-electron chi connectivity index (χ2n) is 6.03. The van der Waals surface area contributed by atoms with Gasteiger partial charge in [0.05, 0.1) is 12.6 Å². The summed E-state index contributed by atoms with van der Waals surface area (Å²) in [6.07, 6.45) is 0. The Balaban J connectivity index is 2.01. The number of carbonyl (C=O) groups excluding carboxylic acids is 1. The maximum Gasteiger partial charge on any atom is 0.237 e. The van der Waals surface area contributed by atoms with Crippen LogP contribution in [-0.2, 0) is 11.3 Å². The number of benzene rings is 1. The van der Waals surface area contributed by atoms with Crippen molar-refractivity contribution in [1.82, 2.24) is 10.2 Å². The van der Waals surface area contributed by atoms with Crippen molar-refractivity contribution in [3.8, 4) is 11.3 Å². The van der Waals surface area contributed by atoms with Crippen molar-refractivity contribution in [1.29, 1.82) is 0 Å². The summed E-state index contributed by atoms with van der Waals surface area (Å²) in [7, 11) is 1.92. The Morgan fingerprint density at radius 3 is 2.43 bits per heavy atom. The van der Waals surface area contributed by atoms with Crippen molar-refractivity contribution < 1.29 is 9.21 Å². The Bertz CT molecular complexity index is 649. The van der Waals surface area contributed by atoms with Gasteiger partial charge in [0.15, 0.2) is 0 Å². The van der Waals surface area contributed by atoms with Crippen LogP contribution in [0, 0.1) is 0 Å². The first-order chi connectivity index (χ1) is 10.9. The van der Waals surface area contributed by atoms with Gasteiger partial charge >= 0.3 is 0 Å². The molecular weight excluding hydrogens is 356 g/mol. The van der Waals surface area contributed by atoms with Crippen LogP contribution >= 0.6 is 15.9 Å². The number of hydrogen-bond acceptors (Lipinski definition) is 3. The number of halogens is 1. The second-order valence-corrected chi connectivity index (χ2v) is 6.94. The van der Waals surface area contributed by atoms with E-state index in [2.05, 4.69) is 21.2 Å². The fourth-order valence-electron chi connectivity index (χ4n) is 2.22. The number of nitrogens with zero attached hydrogens (tertiary/aromatic N) is 1. The largest absolute Gasteiger partial charge is 0.460 e. The van der Waals surface area contributed by atoms with E-state index in [0.29, 0.717) is 6.54 Å². The van der Waals surface area contributed by atoms with Gasteiger partial charge in [0.1, 0.15) is 11.5 Å². The van der Waals surface area contributed by atoms with Gasteiger partial charge in [-0.05, 0) is 52.1 Å². The molecule has 1 amide bonds. The molecule has 0 bridgehead atoms. The number of furan rings is 1. The molecule has 1 heterocycles. The SMILES string of the molecule is CC(C)NC(=O)[C@H](C)N(C)Cc1ccc(-c2ccc(Br)cc2)o1. The Hall–Kier alpha value is -1.59. The van der Waals surface area contributed by atoms with Gasteiger partial charge in [-0.1, -0.05) is 28.1 Å². The summed E-state index contributed by atoms with van der Waals surface area (Å²) in [5.74, 6) is 1.71. The van der Waals surface area contributed by atoms with Crippen molar-refractivity contribution >= 4 is 21.8 Å². The quantitative estimate of drug-likeness (QED) is 0.824. The van der Waals surface area contributed by atoms with E-state index in [1.54, 1.807) is 0 Å². The number of nitrogens with one attached hydrogen (secondary N) is 1. The second kappa shape index (κ2) is 7.79. The van der Waals surface area contributed by atoms with Crippen LogP contribution < -0.4 is 5.32 Å². The Kier molecular flexibility index (Phi) is 6.02. The van der Waals surface area contributed by atoms with E-state index in [0.717, 1.165) is 21.6 Å². The topological polar surface area (TPSA) is 45.5 Å². The van der Waals surface area contributed by atoms with E-state index in [1.165, 1.54) is 0 Å². The molecule has 0 saturated carbocycles. The Morgan fingerprint density at radius 2 is 1.83 bits per heavy atom. The molecule has 0 aliphatic heterocycles. The summed E-state index contributed by atoms with van der Waals surface area (Å²) in [6.45, 7) is 6.41. The van der Waals surface area contributed by atoms with Crippen LogP contribution in [0.3, 0.4) is 0 Å². The molecule has 2 rings (SSSR count). The lowest BCUT2D eigenvalue weighted by Crippen LogP contribution is -2.45. The maximum atomic E-state index is 12.1. The average molecular weight is 379 g/mol. The van der Waals surface area contributed by atoms with Crippen LogP contribution in [-0.4, -0.2) is 29.9 Å². The van der Waals surface area contributed by atoms with Gasteiger partial charge in [0.25, 0.3) is 0 Å². The standard InChI is InChI=1S/C18H23BrN2O2/c1-12(2)20-18(22)13(3)21(4)11-16-9-10-17(23-16)14-5-7-15(19)8-6-14/h5-10,12-13H,11H2,1-4H3,(H,20,22)/t13-/m0/s1. The van der Waals surface area contributed by atoms with Crippen LogP contribution in [0.25, 0.3) is 11.3 Å². The van der Waals surface area contributed by atoms with Gasteiger partial charge in [-0.2, -0.15) is 0 Å². The summed E-state index contributed by atoms with van der Waals surface area (Å²) in [6, 6.07) is 11.9. The van der Waals surface area contributed by atoms with E-state index >= 15 is 0 Å². The molecule has 0 aliphatic rings. The molecule has 0 aliphatic carbocycles. The minimum atomic E-state index is -0.210. The first-order valence-electron chi connectivity index (χ1n) is 7.72. The molecular formula is C18H23BrN2O2. The van der Waals surface area contributed by atoms with E-state index in [4.69, 9.17) is 4.42 Å². The molecule has 124 valence electrons.